The molecule has 27 heavy (non-hydrogen) atoms. The zero-order valence-corrected chi connectivity index (χ0v) is 15.2. The number of hydrogen-bond donors (Lipinski definition) is 1. The summed E-state index contributed by atoms with van der Waals surface area (Å²) in [5.74, 6) is 0.977. The van der Waals surface area contributed by atoms with Crippen LogP contribution in [0.15, 0.2) is 55.1 Å². The molecule has 1 aliphatic heterocycles. The van der Waals surface area contributed by atoms with Crippen LogP contribution in [0, 0.1) is 0 Å². The molecule has 3 aromatic rings. The van der Waals surface area contributed by atoms with Gasteiger partial charge in [0, 0.05) is 35.7 Å². The van der Waals surface area contributed by atoms with Gasteiger partial charge in [0.25, 0.3) is 5.91 Å². The average molecular weight is 381 g/mol. The van der Waals surface area contributed by atoms with Crippen molar-refractivity contribution in [2.75, 3.05) is 11.9 Å². The fourth-order valence-corrected chi connectivity index (χ4v) is 3.30. The van der Waals surface area contributed by atoms with Crippen molar-refractivity contribution in [2.24, 2.45) is 0 Å². The molecule has 1 aliphatic rings. The number of amides is 1. The van der Waals surface area contributed by atoms with Crippen molar-refractivity contribution in [3.8, 4) is 0 Å². The summed E-state index contributed by atoms with van der Waals surface area (Å²) < 4.78 is 0. The minimum absolute atomic E-state index is 0.0174. The molecule has 0 unspecified atom stereocenters. The monoisotopic (exact) mass is 380 g/mol. The van der Waals surface area contributed by atoms with Crippen LogP contribution in [0.3, 0.4) is 0 Å². The molecule has 1 fully saturated rings. The summed E-state index contributed by atoms with van der Waals surface area (Å²) in [6.07, 6.45) is 8.27. The number of nitrogens with zero attached hydrogens (tertiary/aromatic N) is 5. The zero-order chi connectivity index (χ0) is 18.6. The number of aromatic nitrogens is 4. The van der Waals surface area contributed by atoms with E-state index in [1.54, 1.807) is 49.1 Å². The Morgan fingerprint density at radius 1 is 1.11 bits per heavy atom. The zero-order valence-electron chi connectivity index (χ0n) is 14.4. The number of carbonyl (C=O) groups excluding carboxylic acids is 1. The maximum atomic E-state index is 12.9. The molecule has 1 aromatic carbocycles. The molecule has 1 saturated heterocycles. The molecule has 136 valence electrons. The Bertz CT molecular complexity index is 934. The van der Waals surface area contributed by atoms with Gasteiger partial charge in [0.05, 0.1) is 17.9 Å². The molecule has 8 heteroatoms. The highest BCUT2D eigenvalue weighted by molar-refractivity contribution is 6.30. The molecule has 0 bridgehead atoms. The molecule has 0 aliphatic carbocycles. The summed E-state index contributed by atoms with van der Waals surface area (Å²) in [7, 11) is 0. The van der Waals surface area contributed by atoms with Gasteiger partial charge in [-0.1, -0.05) is 11.6 Å². The number of anilines is 2. The lowest BCUT2D eigenvalue weighted by Gasteiger charge is -2.24. The van der Waals surface area contributed by atoms with Crippen LogP contribution in [0.4, 0.5) is 11.8 Å². The van der Waals surface area contributed by atoms with Gasteiger partial charge in [-0.2, -0.15) is 0 Å². The Labute approximate surface area is 161 Å². The Morgan fingerprint density at radius 2 is 1.96 bits per heavy atom. The van der Waals surface area contributed by atoms with Gasteiger partial charge < -0.3 is 10.2 Å². The summed E-state index contributed by atoms with van der Waals surface area (Å²) in [4.78, 5) is 31.8. The first-order chi connectivity index (χ1) is 13.2. The van der Waals surface area contributed by atoms with Crippen LogP contribution in [0.5, 0.6) is 0 Å². The van der Waals surface area contributed by atoms with Gasteiger partial charge in [-0.25, -0.2) is 15.0 Å². The number of benzene rings is 1. The summed E-state index contributed by atoms with van der Waals surface area (Å²) in [5, 5.41) is 3.65. The average Bonchev–Trinajstić information content (AvgIpc) is 3.19. The first kappa shape index (κ1) is 17.4. The lowest BCUT2D eigenvalue weighted by atomic mass is 10.1. The van der Waals surface area contributed by atoms with Crippen molar-refractivity contribution in [1.82, 2.24) is 24.8 Å². The highest BCUT2D eigenvalue weighted by Gasteiger charge is 2.31. The van der Waals surface area contributed by atoms with Gasteiger partial charge in [0.1, 0.15) is 0 Å². The van der Waals surface area contributed by atoms with E-state index in [9.17, 15) is 4.79 Å². The third-order valence-corrected chi connectivity index (χ3v) is 4.68. The van der Waals surface area contributed by atoms with Crippen molar-refractivity contribution >= 4 is 29.3 Å². The summed E-state index contributed by atoms with van der Waals surface area (Å²) in [5.41, 5.74) is 1.43. The molecule has 1 N–H and O–H groups in total. The van der Waals surface area contributed by atoms with Gasteiger partial charge in [-0.15, -0.1) is 0 Å². The van der Waals surface area contributed by atoms with Crippen LogP contribution in [0.2, 0.25) is 5.02 Å². The fraction of sp³-hybridized carbons (Fsp3) is 0.211. The Morgan fingerprint density at radius 3 is 2.74 bits per heavy atom. The standard InChI is InChI=1S/C19H17ClN6O/c20-14-5-3-13(4-6-14)18(27)26-11-1-2-16(26)15-7-8-23-19(24-15)25-17-12-21-9-10-22-17/h3-10,12,16H,1-2,11H2,(H,22,23,24,25)/t16-/m0/s1. The van der Waals surface area contributed by atoms with Crippen LogP contribution in [0.1, 0.15) is 34.9 Å². The SMILES string of the molecule is O=C(c1ccc(Cl)cc1)N1CCC[C@H]1c1ccnc(Nc2cnccn2)n1. The molecular weight excluding hydrogens is 364 g/mol. The first-order valence-corrected chi connectivity index (χ1v) is 9.01. The number of carbonyl (C=O) groups is 1. The van der Waals surface area contributed by atoms with E-state index in [0.717, 1.165) is 18.5 Å². The molecule has 7 nitrogen and oxygen atoms in total. The number of hydrogen-bond acceptors (Lipinski definition) is 6. The maximum absolute atomic E-state index is 12.9. The molecule has 1 amide bonds. The van der Waals surface area contributed by atoms with Crippen molar-refractivity contribution < 1.29 is 4.79 Å². The lowest BCUT2D eigenvalue weighted by molar-refractivity contribution is 0.0733. The van der Waals surface area contributed by atoms with E-state index >= 15 is 0 Å². The quantitative estimate of drug-likeness (QED) is 0.743. The molecule has 2 aromatic heterocycles. The predicted molar refractivity (Wildman–Crippen MR) is 102 cm³/mol. The Balaban J connectivity index is 1.56. The van der Waals surface area contributed by atoms with E-state index in [2.05, 4.69) is 25.3 Å². The first-order valence-electron chi connectivity index (χ1n) is 8.63. The Hall–Kier alpha value is -3.06. The third-order valence-electron chi connectivity index (χ3n) is 4.43. The second-order valence-electron chi connectivity index (χ2n) is 6.18. The van der Waals surface area contributed by atoms with Gasteiger partial charge >= 0.3 is 0 Å². The van der Waals surface area contributed by atoms with Gasteiger partial charge in [0.15, 0.2) is 5.82 Å². The second-order valence-corrected chi connectivity index (χ2v) is 6.62. The molecular formula is C19H17ClN6O. The fourth-order valence-electron chi connectivity index (χ4n) is 3.17. The van der Waals surface area contributed by atoms with E-state index in [-0.39, 0.29) is 11.9 Å². The van der Waals surface area contributed by atoms with Crippen LogP contribution >= 0.6 is 11.6 Å². The summed E-state index contributed by atoms with van der Waals surface area (Å²) in [6.45, 7) is 0.697. The van der Waals surface area contributed by atoms with Crippen LogP contribution < -0.4 is 5.32 Å². The summed E-state index contributed by atoms with van der Waals surface area (Å²) >= 11 is 5.93. The predicted octanol–water partition coefficient (Wildman–Crippen LogP) is 3.64. The summed E-state index contributed by atoms with van der Waals surface area (Å²) in [6, 6.07) is 8.72. The van der Waals surface area contributed by atoms with Crippen molar-refractivity contribution in [3.63, 3.8) is 0 Å². The van der Waals surface area contributed by atoms with Gasteiger partial charge in [-0.3, -0.25) is 9.78 Å². The van der Waals surface area contributed by atoms with Gasteiger partial charge in [0.2, 0.25) is 5.95 Å². The number of likely N-dealkylation sites (tertiary alicyclic amines) is 1. The molecule has 4 rings (SSSR count). The third kappa shape index (κ3) is 3.88. The minimum Gasteiger partial charge on any atom is -0.330 e. The van der Waals surface area contributed by atoms with Crippen molar-refractivity contribution in [1.29, 1.82) is 0 Å². The maximum Gasteiger partial charge on any atom is 0.254 e. The highest BCUT2D eigenvalue weighted by Crippen LogP contribution is 2.32. The van der Waals surface area contributed by atoms with Gasteiger partial charge in [-0.05, 0) is 43.2 Å². The molecule has 0 spiro atoms. The number of rotatable bonds is 4. The highest BCUT2D eigenvalue weighted by atomic mass is 35.5. The topological polar surface area (TPSA) is 83.9 Å². The lowest BCUT2D eigenvalue weighted by Crippen LogP contribution is -2.31. The normalized spacial score (nSPS) is 16.3. The number of nitrogens with one attached hydrogen (secondary N) is 1. The molecule has 0 saturated carbocycles. The largest absolute Gasteiger partial charge is 0.330 e. The van der Waals surface area contributed by atoms with Crippen molar-refractivity contribution in [3.05, 3.63) is 71.4 Å². The van der Waals surface area contributed by atoms with E-state index in [0.29, 0.717) is 28.9 Å². The smallest absolute Gasteiger partial charge is 0.254 e. The van der Waals surface area contributed by atoms with E-state index in [4.69, 9.17) is 11.6 Å². The van der Waals surface area contributed by atoms with Crippen LogP contribution in [-0.2, 0) is 0 Å². The molecule has 3 heterocycles. The number of halogens is 1. The van der Waals surface area contributed by atoms with Crippen LogP contribution in [0.25, 0.3) is 0 Å². The minimum atomic E-state index is -0.0846. The molecule has 1 atom stereocenters. The van der Waals surface area contributed by atoms with E-state index in [1.165, 1.54) is 0 Å². The molecule has 0 radical (unpaired) electrons. The van der Waals surface area contributed by atoms with Crippen LogP contribution in [-0.4, -0.2) is 37.3 Å². The van der Waals surface area contributed by atoms with Crippen molar-refractivity contribution in [2.45, 2.75) is 18.9 Å². The Kier molecular flexibility index (Phi) is 4.93. The second kappa shape index (κ2) is 7.67. The van der Waals surface area contributed by atoms with E-state index in [1.807, 2.05) is 11.0 Å². The van der Waals surface area contributed by atoms with E-state index < -0.39 is 0 Å².